The number of nitrogens with zero attached hydrogens (tertiary/aromatic N) is 3. The number of halogens is 3. The second-order valence-corrected chi connectivity index (χ2v) is 6.56. The Morgan fingerprint density at radius 1 is 1.29 bits per heavy atom. The Balaban J connectivity index is 0.00000220. The molecule has 0 saturated carbocycles. The first kappa shape index (κ1) is 18.6. The van der Waals surface area contributed by atoms with E-state index in [4.69, 9.17) is 35.8 Å². The van der Waals surface area contributed by atoms with E-state index in [9.17, 15) is 0 Å². The molecule has 3 nitrogen and oxygen atoms in total. The van der Waals surface area contributed by atoms with Crippen LogP contribution in [0.4, 0.5) is 0 Å². The van der Waals surface area contributed by atoms with Gasteiger partial charge in [0.2, 0.25) is 0 Å². The number of benzene rings is 1. The molecule has 1 heterocycles. The van der Waals surface area contributed by atoms with Crippen LogP contribution in [-0.2, 0) is 0 Å². The average Bonchev–Trinajstić information content (AvgIpc) is 2.89. The zero-order valence-electron chi connectivity index (χ0n) is 11.8. The number of rotatable bonds is 5. The topological polar surface area (TPSA) is 30.7 Å². The molecule has 0 bridgehead atoms. The molecule has 0 aliphatic rings. The van der Waals surface area contributed by atoms with E-state index < -0.39 is 0 Å². The van der Waals surface area contributed by atoms with Crippen LogP contribution in [0.2, 0.25) is 10.0 Å². The third-order valence-corrected chi connectivity index (χ3v) is 4.31. The standard InChI is InChI=1S/C14H17Cl2N3S.ClH/c1-9(2)5-12(14(20)19-8-17-7-18-19)11-4-3-10(15)6-13(11)16;/h3-4,6-9,12,14,20H,5H2,1-2H3;1H. The van der Waals surface area contributed by atoms with E-state index >= 15 is 0 Å². The van der Waals surface area contributed by atoms with Crippen molar-refractivity contribution in [1.82, 2.24) is 14.8 Å². The van der Waals surface area contributed by atoms with E-state index in [-0.39, 0.29) is 23.7 Å². The van der Waals surface area contributed by atoms with Crippen molar-refractivity contribution in [3.05, 3.63) is 46.5 Å². The van der Waals surface area contributed by atoms with Crippen LogP contribution in [0.15, 0.2) is 30.9 Å². The van der Waals surface area contributed by atoms with Crippen LogP contribution in [0.1, 0.15) is 37.1 Å². The highest BCUT2D eigenvalue weighted by molar-refractivity contribution is 7.80. The summed E-state index contributed by atoms with van der Waals surface area (Å²) in [7, 11) is 0. The van der Waals surface area contributed by atoms with Crippen LogP contribution in [0.5, 0.6) is 0 Å². The molecule has 1 aromatic carbocycles. The summed E-state index contributed by atoms with van der Waals surface area (Å²) in [5, 5.41) is 5.37. The number of aromatic nitrogens is 3. The summed E-state index contributed by atoms with van der Waals surface area (Å²) in [6.45, 7) is 4.36. The molecular weight excluding hydrogens is 349 g/mol. The van der Waals surface area contributed by atoms with Gasteiger partial charge >= 0.3 is 0 Å². The molecule has 2 unspecified atom stereocenters. The molecule has 0 aliphatic heterocycles. The van der Waals surface area contributed by atoms with Crippen molar-refractivity contribution in [1.29, 1.82) is 0 Å². The first-order chi connectivity index (χ1) is 9.49. The van der Waals surface area contributed by atoms with E-state index in [0.717, 1.165) is 12.0 Å². The molecule has 2 atom stereocenters. The lowest BCUT2D eigenvalue weighted by Gasteiger charge is -2.26. The molecule has 1 aromatic heterocycles. The highest BCUT2D eigenvalue weighted by Crippen LogP contribution is 2.40. The van der Waals surface area contributed by atoms with Gasteiger partial charge in [0.1, 0.15) is 18.0 Å². The molecule has 0 fully saturated rings. The van der Waals surface area contributed by atoms with Crippen LogP contribution < -0.4 is 0 Å². The van der Waals surface area contributed by atoms with E-state index in [0.29, 0.717) is 16.0 Å². The van der Waals surface area contributed by atoms with Crippen molar-refractivity contribution < 1.29 is 0 Å². The molecule has 7 heteroatoms. The van der Waals surface area contributed by atoms with Crippen molar-refractivity contribution in [2.24, 2.45) is 5.92 Å². The summed E-state index contributed by atoms with van der Waals surface area (Å²) >= 11 is 17.0. The molecule has 2 aromatic rings. The minimum atomic E-state index is -0.112. The maximum absolute atomic E-state index is 6.35. The third-order valence-electron chi connectivity index (χ3n) is 3.15. The Bertz CT molecular complexity index is 561. The first-order valence-corrected chi connectivity index (χ1v) is 7.73. The Morgan fingerprint density at radius 2 is 2.00 bits per heavy atom. The molecule has 21 heavy (non-hydrogen) atoms. The minimum absolute atomic E-state index is 0. The number of hydrogen-bond donors (Lipinski definition) is 1. The molecule has 0 N–H and O–H groups in total. The molecule has 0 spiro atoms. The van der Waals surface area contributed by atoms with Crippen molar-refractivity contribution in [2.75, 3.05) is 0 Å². The highest BCUT2D eigenvalue weighted by atomic mass is 35.5. The molecule has 116 valence electrons. The predicted molar refractivity (Wildman–Crippen MR) is 94.0 cm³/mol. The van der Waals surface area contributed by atoms with Gasteiger partial charge in [-0.3, -0.25) is 0 Å². The lowest BCUT2D eigenvalue weighted by atomic mass is 9.90. The monoisotopic (exact) mass is 365 g/mol. The smallest absolute Gasteiger partial charge is 0.137 e. The molecule has 2 rings (SSSR count). The summed E-state index contributed by atoms with van der Waals surface area (Å²) < 4.78 is 1.75. The quantitative estimate of drug-likeness (QED) is 0.731. The van der Waals surface area contributed by atoms with Crippen LogP contribution in [0.25, 0.3) is 0 Å². The van der Waals surface area contributed by atoms with E-state index in [1.54, 1.807) is 17.1 Å². The Morgan fingerprint density at radius 3 is 2.52 bits per heavy atom. The Labute approximate surface area is 146 Å². The zero-order chi connectivity index (χ0) is 14.7. The second-order valence-electron chi connectivity index (χ2n) is 5.19. The number of hydrogen-bond acceptors (Lipinski definition) is 3. The van der Waals surface area contributed by atoms with Gasteiger partial charge in [0.15, 0.2) is 0 Å². The lowest BCUT2D eigenvalue weighted by Crippen LogP contribution is -2.16. The maximum atomic E-state index is 6.35. The van der Waals surface area contributed by atoms with Gasteiger partial charge in [-0.1, -0.05) is 43.1 Å². The van der Waals surface area contributed by atoms with Gasteiger partial charge in [-0.15, -0.1) is 12.4 Å². The average molecular weight is 367 g/mol. The first-order valence-electron chi connectivity index (χ1n) is 6.46. The molecular formula is C14H18Cl3N3S. The van der Waals surface area contributed by atoms with Crippen LogP contribution in [-0.4, -0.2) is 14.8 Å². The van der Waals surface area contributed by atoms with Gasteiger partial charge in [-0.2, -0.15) is 17.7 Å². The number of thiol groups is 1. The lowest BCUT2D eigenvalue weighted by molar-refractivity contribution is 0.423. The summed E-state index contributed by atoms with van der Waals surface area (Å²) in [4.78, 5) is 3.98. The zero-order valence-corrected chi connectivity index (χ0v) is 15.0. The van der Waals surface area contributed by atoms with Crippen molar-refractivity contribution >= 4 is 48.2 Å². The summed E-state index contributed by atoms with van der Waals surface area (Å²) in [6.07, 6.45) is 4.14. The van der Waals surface area contributed by atoms with Crippen LogP contribution in [0.3, 0.4) is 0 Å². The fourth-order valence-corrected chi connectivity index (χ4v) is 3.21. The SMILES string of the molecule is CC(C)CC(c1ccc(Cl)cc1Cl)C(S)n1cncn1.Cl. The fraction of sp³-hybridized carbons (Fsp3) is 0.429. The highest BCUT2D eigenvalue weighted by Gasteiger charge is 2.25. The largest absolute Gasteiger partial charge is 0.240 e. The Kier molecular flexibility index (Phi) is 7.34. The van der Waals surface area contributed by atoms with Crippen LogP contribution >= 0.6 is 48.2 Å². The minimum Gasteiger partial charge on any atom is -0.240 e. The van der Waals surface area contributed by atoms with E-state index in [2.05, 4.69) is 23.9 Å². The van der Waals surface area contributed by atoms with Gasteiger partial charge in [0.25, 0.3) is 0 Å². The Hall–Kier alpha value is -0.420. The molecule has 0 amide bonds. The molecule has 0 aliphatic carbocycles. The molecule has 0 radical (unpaired) electrons. The van der Waals surface area contributed by atoms with Gasteiger partial charge in [-0.25, -0.2) is 9.67 Å². The van der Waals surface area contributed by atoms with E-state index in [1.165, 1.54) is 6.33 Å². The molecule has 0 saturated heterocycles. The third kappa shape index (κ3) is 4.78. The van der Waals surface area contributed by atoms with E-state index in [1.807, 2.05) is 12.1 Å². The van der Waals surface area contributed by atoms with Crippen molar-refractivity contribution in [3.8, 4) is 0 Å². The predicted octanol–water partition coefficient (Wildman–Crippen LogP) is 5.27. The van der Waals surface area contributed by atoms with Crippen molar-refractivity contribution in [2.45, 2.75) is 31.6 Å². The van der Waals surface area contributed by atoms with Gasteiger partial charge in [0.05, 0.1) is 0 Å². The van der Waals surface area contributed by atoms with Crippen LogP contribution in [0, 0.1) is 5.92 Å². The van der Waals surface area contributed by atoms with Gasteiger partial charge < -0.3 is 0 Å². The van der Waals surface area contributed by atoms with Gasteiger partial charge in [0, 0.05) is 16.0 Å². The summed E-state index contributed by atoms with van der Waals surface area (Å²) in [5.74, 6) is 0.662. The summed E-state index contributed by atoms with van der Waals surface area (Å²) in [5.41, 5.74) is 1.04. The fourth-order valence-electron chi connectivity index (χ4n) is 2.26. The normalized spacial score (nSPS) is 13.8. The van der Waals surface area contributed by atoms with Crippen molar-refractivity contribution in [3.63, 3.8) is 0 Å². The second kappa shape index (κ2) is 8.28. The van der Waals surface area contributed by atoms with Gasteiger partial charge in [-0.05, 0) is 30.0 Å². The summed E-state index contributed by atoms with van der Waals surface area (Å²) in [6, 6.07) is 5.60. The maximum Gasteiger partial charge on any atom is 0.137 e.